The summed E-state index contributed by atoms with van der Waals surface area (Å²) in [7, 11) is 0. The minimum absolute atomic E-state index is 0.0112. The predicted octanol–water partition coefficient (Wildman–Crippen LogP) is 8.75. The first-order valence-corrected chi connectivity index (χ1v) is 16.3. The van der Waals surface area contributed by atoms with Crippen LogP contribution in [0.2, 0.25) is 5.02 Å². The van der Waals surface area contributed by atoms with Gasteiger partial charge in [-0.1, -0.05) is 43.0 Å². The molecule has 0 amide bonds. The van der Waals surface area contributed by atoms with Crippen molar-refractivity contribution in [1.29, 1.82) is 10.8 Å². The molecule has 5 nitrogen and oxygen atoms in total. The third kappa shape index (κ3) is 9.41. The number of hydrogen-bond acceptors (Lipinski definition) is 5. The number of carbonyl (C=O) groups excluding carboxylic acids is 1. The van der Waals surface area contributed by atoms with Crippen LogP contribution < -0.4 is 0 Å². The molecule has 2 N–H and O–H groups in total. The average molecular weight is 689 g/mol. The van der Waals surface area contributed by atoms with E-state index >= 15 is 0 Å². The molecule has 4 rings (SSSR count). The summed E-state index contributed by atoms with van der Waals surface area (Å²) in [5.41, 5.74) is -5.80. The molecule has 0 radical (unpaired) electrons. The quantitative estimate of drug-likeness (QED) is 0.163. The lowest BCUT2D eigenvalue weighted by molar-refractivity contribution is -0.162. The Morgan fingerprint density at radius 2 is 1.57 bits per heavy atom. The molecule has 1 aliphatic heterocycles. The zero-order valence-electron chi connectivity index (χ0n) is 26.1. The third-order valence-corrected chi connectivity index (χ3v) is 10.0. The summed E-state index contributed by atoms with van der Waals surface area (Å²) < 4.78 is 97.8. The smallest absolute Gasteiger partial charge is 0.313 e. The molecule has 0 aromatic heterocycles. The Morgan fingerprint density at radius 1 is 0.915 bits per heavy atom. The molecule has 2 aromatic rings. The van der Waals surface area contributed by atoms with Crippen LogP contribution in [0.4, 0.5) is 30.7 Å². The van der Waals surface area contributed by atoms with E-state index in [0.717, 1.165) is 44.3 Å². The van der Waals surface area contributed by atoms with Gasteiger partial charge in [-0.25, -0.2) is 4.39 Å². The summed E-state index contributed by atoms with van der Waals surface area (Å²) in [6.45, 7) is 3.38. The highest BCUT2D eigenvalue weighted by Crippen LogP contribution is 2.45. The van der Waals surface area contributed by atoms with Crippen LogP contribution >= 0.6 is 11.6 Å². The minimum atomic E-state index is -5.32. The molecular formula is C34H40ClF7N4O. The summed E-state index contributed by atoms with van der Waals surface area (Å²) in [6.07, 6.45) is -4.38. The van der Waals surface area contributed by atoms with Crippen LogP contribution in [0.5, 0.6) is 0 Å². The molecule has 2 aromatic carbocycles. The van der Waals surface area contributed by atoms with Crippen molar-refractivity contribution < 1.29 is 35.5 Å². The van der Waals surface area contributed by atoms with Gasteiger partial charge in [0.15, 0.2) is 5.78 Å². The van der Waals surface area contributed by atoms with Crippen LogP contribution in [0.25, 0.3) is 0 Å². The van der Waals surface area contributed by atoms with Crippen LogP contribution in [0.1, 0.15) is 80.0 Å². The number of alkyl halides is 6. The van der Waals surface area contributed by atoms with E-state index in [4.69, 9.17) is 22.4 Å². The number of benzene rings is 2. The van der Waals surface area contributed by atoms with Crippen LogP contribution in [0.3, 0.4) is 0 Å². The van der Waals surface area contributed by atoms with Crippen molar-refractivity contribution in [2.45, 2.75) is 88.0 Å². The Labute approximate surface area is 275 Å². The molecule has 1 aliphatic carbocycles. The van der Waals surface area contributed by atoms with Crippen molar-refractivity contribution in [2.24, 2.45) is 0 Å². The van der Waals surface area contributed by atoms with Crippen LogP contribution in [-0.4, -0.2) is 66.3 Å². The molecule has 47 heavy (non-hydrogen) atoms. The van der Waals surface area contributed by atoms with Gasteiger partial charge < -0.3 is 15.7 Å². The number of carbonyl (C=O) groups is 1. The second kappa shape index (κ2) is 15.6. The molecule has 13 heteroatoms. The standard InChI is InChI=1S/C34H40ClF7N4O/c35-28-8-4-9-29(36)25(28)21-31(47)30(44)22-32(12-5-14-43,23-10-11-26(33(37,38)39)27(20-23)34(40,41)42)13-15-45-16-18-46(19-17-45)24-6-2-1-3-7-24/h4,8-11,14,20,24,43-44H,1-3,5-7,12-13,15-19,21-22H2/t32-/m0/s1. The fourth-order valence-corrected chi connectivity index (χ4v) is 7.20. The SMILES string of the molecule is N=CCC[C@](CCN1CCN(C2CCCCC2)CC1)(CC(=N)C(=O)Cc1c(F)cccc1Cl)c1ccc(C(F)(F)F)c(C(F)(F)F)c1. The minimum Gasteiger partial charge on any atom is -0.313 e. The van der Waals surface area contributed by atoms with Gasteiger partial charge in [0.1, 0.15) is 5.82 Å². The molecule has 0 spiro atoms. The highest BCUT2D eigenvalue weighted by atomic mass is 35.5. The van der Waals surface area contributed by atoms with Gasteiger partial charge in [0.2, 0.25) is 0 Å². The summed E-state index contributed by atoms with van der Waals surface area (Å²) in [6, 6.07) is 6.28. The zero-order chi connectivity index (χ0) is 34.4. The third-order valence-electron chi connectivity index (χ3n) is 9.67. The lowest BCUT2D eigenvalue weighted by Gasteiger charge is -2.42. The first-order chi connectivity index (χ1) is 22.1. The average Bonchev–Trinajstić information content (AvgIpc) is 3.03. The van der Waals surface area contributed by atoms with Gasteiger partial charge in [0.05, 0.1) is 16.8 Å². The number of rotatable bonds is 13. The molecule has 0 bridgehead atoms. The Morgan fingerprint density at radius 3 is 2.17 bits per heavy atom. The maximum atomic E-state index is 14.5. The van der Waals surface area contributed by atoms with E-state index in [0.29, 0.717) is 37.8 Å². The largest absolute Gasteiger partial charge is 0.417 e. The Bertz CT molecular complexity index is 1400. The first-order valence-electron chi connectivity index (χ1n) is 15.9. The number of halogens is 8. The molecule has 2 aliphatic rings. The Kier molecular flexibility index (Phi) is 12.3. The van der Waals surface area contributed by atoms with Crippen LogP contribution in [0.15, 0.2) is 36.4 Å². The summed E-state index contributed by atoms with van der Waals surface area (Å²) in [5, 5.41) is 16.4. The number of nitrogens with one attached hydrogen (secondary N) is 2. The van der Waals surface area contributed by atoms with Gasteiger partial charge in [-0.2, -0.15) is 26.3 Å². The van der Waals surface area contributed by atoms with E-state index in [1.807, 2.05) is 0 Å². The Hall–Kier alpha value is -2.83. The second-order valence-corrected chi connectivity index (χ2v) is 13.1. The van der Waals surface area contributed by atoms with Crippen molar-refractivity contribution in [3.8, 4) is 0 Å². The van der Waals surface area contributed by atoms with Gasteiger partial charge in [-0.05, 0) is 74.7 Å². The lowest BCUT2D eigenvalue weighted by Crippen LogP contribution is -2.51. The number of hydrogen-bond donors (Lipinski definition) is 2. The van der Waals surface area contributed by atoms with E-state index in [1.54, 1.807) is 0 Å². The summed E-state index contributed by atoms with van der Waals surface area (Å²) in [4.78, 5) is 17.9. The second-order valence-electron chi connectivity index (χ2n) is 12.7. The molecule has 258 valence electrons. The van der Waals surface area contributed by atoms with Crippen molar-refractivity contribution in [3.05, 3.63) is 69.5 Å². The van der Waals surface area contributed by atoms with Crippen LogP contribution in [-0.2, 0) is 29.0 Å². The highest BCUT2D eigenvalue weighted by molar-refractivity contribution is 6.40. The molecule has 0 unspecified atom stereocenters. The molecular weight excluding hydrogens is 649 g/mol. The van der Waals surface area contributed by atoms with Gasteiger partial charge >= 0.3 is 12.4 Å². The molecule has 1 saturated heterocycles. The zero-order valence-corrected chi connectivity index (χ0v) is 26.8. The van der Waals surface area contributed by atoms with E-state index in [-0.39, 0.29) is 35.4 Å². The molecule has 2 fully saturated rings. The number of nitrogens with zero attached hydrogens (tertiary/aromatic N) is 2. The van der Waals surface area contributed by atoms with E-state index in [1.165, 1.54) is 31.4 Å². The topological polar surface area (TPSA) is 71.2 Å². The molecule has 1 atom stereocenters. The highest BCUT2D eigenvalue weighted by Gasteiger charge is 2.45. The predicted molar refractivity (Wildman–Crippen MR) is 168 cm³/mol. The van der Waals surface area contributed by atoms with Crippen molar-refractivity contribution in [3.63, 3.8) is 0 Å². The van der Waals surface area contributed by atoms with Crippen LogP contribution in [0, 0.1) is 16.6 Å². The summed E-state index contributed by atoms with van der Waals surface area (Å²) >= 11 is 6.09. The monoisotopic (exact) mass is 688 g/mol. The van der Waals surface area contributed by atoms with E-state index in [2.05, 4.69) is 9.80 Å². The van der Waals surface area contributed by atoms with E-state index < -0.39 is 59.0 Å². The van der Waals surface area contributed by atoms with Gasteiger partial charge in [-0.15, -0.1) is 0 Å². The van der Waals surface area contributed by atoms with Crippen molar-refractivity contribution in [2.75, 3.05) is 32.7 Å². The normalized spacial score (nSPS) is 18.6. The van der Waals surface area contributed by atoms with Crippen molar-refractivity contribution in [1.82, 2.24) is 9.80 Å². The number of Topliss-reactive ketones (excluding diaryl/α,β-unsaturated/α-hetero) is 1. The summed E-state index contributed by atoms with van der Waals surface area (Å²) in [5.74, 6) is -1.56. The van der Waals surface area contributed by atoms with Gasteiger partial charge in [0.25, 0.3) is 0 Å². The molecule has 1 heterocycles. The fourth-order valence-electron chi connectivity index (χ4n) is 6.97. The lowest BCUT2D eigenvalue weighted by atomic mass is 9.69. The number of ketones is 1. The van der Waals surface area contributed by atoms with E-state index in [9.17, 15) is 35.5 Å². The maximum absolute atomic E-state index is 14.5. The van der Waals surface area contributed by atoms with Crippen molar-refractivity contribution >= 4 is 29.3 Å². The fraction of sp³-hybridized carbons (Fsp3) is 0.559. The number of piperazine rings is 1. The van der Waals surface area contributed by atoms with Gasteiger partial charge in [-0.3, -0.25) is 9.69 Å². The molecule has 1 saturated carbocycles. The maximum Gasteiger partial charge on any atom is 0.417 e. The van der Waals surface area contributed by atoms with Gasteiger partial charge in [0, 0.05) is 61.1 Å². The Balaban J connectivity index is 1.66. The first kappa shape index (κ1) is 37.0.